The molecule has 0 spiro atoms. The van der Waals surface area contributed by atoms with E-state index in [9.17, 15) is 0 Å². The van der Waals surface area contributed by atoms with Gasteiger partial charge in [0.1, 0.15) is 5.75 Å². The van der Waals surface area contributed by atoms with E-state index in [0.29, 0.717) is 11.4 Å². The fourth-order valence-corrected chi connectivity index (χ4v) is 1.02. The van der Waals surface area contributed by atoms with Crippen LogP contribution in [0.1, 0.15) is 0 Å². The molecule has 0 aliphatic heterocycles. The van der Waals surface area contributed by atoms with Gasteiger partial charge in [-0.1, -0.05) is 24.4 Å². The summed E-state index contributed by atoms with van der Waals surface area (Å²) in [6, 6.07) is 7.10. The Bertz CT molecular complexity index is 378. The van der Waals surface area contributed by atoms with Gasteiger partial charge >= 0.3 is 29.6 Å². The van der Waals surface area contributed by atoms with Gasteiger partial charge in [0.2, 0.25) is 0 Å². The van der Waals surface area contributed by atoms with E-state index in [4.69, 9.17) is 22.2 Å². The van der Waals surface area contributed by atoms with Crippen LogP contribution in [0.2, 0.25) is 0 Å². The van der Waals surface area contributed by atoms with Crippen molar-refractivity contribution in [3.63, 3.8) is 0 Å². The maximum atomic E-state index is 8.28. The zero-order valence-electron chi connectivity index (χ0n) is 8.52. The van der Waals surface area contributed by atoms with Crippen molar-refractivity contribution in [2.75, 3.05) is 7.11 Å². The fraction of sp³-hybridized carbons (Fsp3) is 0.111. The van der Waals surface area contributed by atoms with Gasteiger partial charge in [0.15, 0.2) is 0 Å². The van der Waals surface area contributed by atoms with Gasteiger partial charge in [-0.3, -0.25) is 0 Å². The van der Waals surface area contributed by atoms with E-state index < -0.39 is 0 Å². The molecule has 4 nitrogen and oxygen atoms in total. The minimum absolute atomic E-state index is 0. The number of rotatable bonds is 2. The van der Waals surface area contributed by atoms with Crippen LogP contribution in [-0.2, 0) is 0 Å². The van der Waals surface area contributed by atoms with E-state index in [1.54, 1.807) is 37.6 Å². The van der Waals surface area contributed by atoms with Crippen molar-refractivity contribution < 1.29 is 34.3 Å². The van der Waals surface area contributed by atoms with Gasteiger partial charge in [-0.2, -0.15) is 5.26 Å². The Morgan fingerprint density at radius 2 is 2.33 bits per heavy atom. The Morgan fingerprint density at radius 3 is 2.93 bits per heavy atom. The predicted octanol–water partition coefficient (Wildman–Crippen LogP) is -0.940. The van der Waals surface area contributed by atoms with Crippen molar-refractivity contribution in [2.24, 2.45) is 0 Å². The third-order valence-electron chi connectivity index (χ3n) is 1.45. The van der Waals surface area contributed by atoms with Crippen molar-refractivity contribution in [1.29, 1.82) is 5.26 Å². The largest absolute Gasteiger partial charge is 1.00 e. The third-order valence-corrected chi connectivity index (χ3v) is 1.64. The molecule has 72 valence electrons. The Morgan fingerprint density at radius 1 is 1.60 bits per heavy atom. The van der Waals surface area contributed by atoms with Crippen LogP contribution in [0.25, 0.3) is 5.32 Å². The van der Waals surface area contributed by atoms with Crippen molar-refractivity contribution in [3.05, 3.63) is 29.6 Å². The van der Waals surface area contributed by atoms with E-state index >= 15 is 0 Å². The molecule has 1 aromatic rings. The van der Waals surface area contributed by atoms with Gasteiger partial charge in [0.25, 0.3) is 0 Å². The summed E-state index contributed by atoms with van der Waals surface area (Å²) in [4.78, 5) is 0. The first-order valence-corrected chi connectivity index (χ1v) is 4.22. The number of thiocarbonyl (C=S) groups is 1. The quantitative estimate of drug-likeness (QED) is 0.308. The molecule has 1 aromatic carbocycles. The van der Waals surface area contributed by atoms with Crippen LogP contribution in [0.3, 0.4) is 0 Å². The Labute approximate surface area is 116 Å². The molecule has 15 heavy (non-hydrogen) atoms. The van der Waals surface area contributed by atoms with E-state index in [0.717, 1.165) is 0 Å². The second-order valence-corrected chi connectivity index (χ2v) is 2.74. The summed E-state index contributed by atoms with van der Waals surface area (Å²) in [6.45, 7) is 0. The van der Waals surface area contributed by atoms with Crippen LogP contribution in [0.4, 0.5) is 5.69 Å². The van der Waals surface area contributed by atoms with Gasteiger partial charge in [-0.05, 0) is 17.8 Å². The minimum atomic E-state index is 0. The molecule has 0 aliphatic carbocycles. The van der Waals surface area contributed by atoms with Gasteiger partial charge in [-0.15, -0.1) is 0 Å². The van der Waals surface area contributed by atoms with Crippen molar-refractivity contribution in [3.8, 4) is 11.9 Å². The standard InChI is InChI=1S/C9H9N3OS.Na/c1-13-8-4-2-3-7(5-8)12-9(14)11-6-10;/h2-5H,1H3,(H2,11,12,14);/q;+1/p-1. The number of hydrogen-bond donors (Lipinski definition) is 1. The van der Waals surface area contributed by atoms with Gasteiger partial charge in [-0.25, -0.2) is 0 Å². The maximum Gasteiger partial charge on any atom is 1.00 e. The van der Waals surface area contributed by atoms with Gasteiger partial charge < -0.3 is 15.4 Å². The first-order valence-electron chi connectivity index (χ1n) is 3.81. The molecule has 0 unspecified atom stereocenters. The average molecular weight is 229 g/mol. The average Bonchev–Trinajstić information content (AvgIpc) is 2.18. The van der Waals surface area contributed by atoms with E-state index in [1.807, 2.05) is 0 Å². The van der Waals surface area contributed by atoms with Crippen molar-refractivity contribution >= 4 is 23.0 Å². The number of ether oxygens (including phenoxy) is 1. The first kappa shape index (κ1) is 14.2. The van der Waals surface area contributed by atoms with Crippen LogP contribution >= 0.6 is 12.2 Å². The summed E-state index contributed by atoms with van der Waals surface area (Å²) in [7, 11) is 1.57. The second-order valence-electron chi connectivity index (χ2n) is 2.36. The molecule has 0 aliphatic rings. The van der Waals surface area contributed by atoms with E-state index in [2.05, 4.69) is 10.6 Å². The first-order chi connectivity index (χ1) is 6.76. The number of nitriles is 1. The molecule has 0 fully saturated rings. The molecule has 0 bridgehead atoms. The van der Waals surface area contributed by atoms with E-state index in [1.165, 1.54) is 0 Å². The zero-order valence-corrected chi connectivity index (χ0v) is 11.3. The normalized spacial score (nSPS) is 8.00. The fourth-order valence-electron chi connectivity index (χ4n) is 0.873. The number of benzene rings is 1. The Hall–Kier alpha value is -0.800. The van der Waals surface area contributed by atoms with Crippen LogP contribution in [0, 0.1) is 11.5 Å². The molecule has 6 heteroatoms. The van der Waals surface area contributed by atoms with Crippen LogP contribution in [0.5, 0.6) is 5.75 Å². The molecule has 0 atom stereocenters. The zero-order chi connectivity index (χ0) is 10.4. The number of nitrogens with zero attached hydrogens (tertiary/aromatic N) is 2. The summed E-state index contributed by atoms with van der Waals surface area (Å²) >= 11 is 4.77. The summed E-state index contributed by atoms with van der Waals surface area (Å²) in [5, 5.41) is 14.7. The van der Waals surface area contributed by atoms with Crippen LogP contribution in [-0.4, -0.2) is 12.2 Å². The molecule has 0 aromatic heterocycles. The third kappa shape index (κ3) is 5.00. The molecule has 0 heterocycles. The predicted molar refractivity (Wildman–Crippen MR) is 57.4 cm³/mol. The summed E-state index contributed by atoms with van der Waals surface area (Å²) in [5.41, 5.74) is 0.650. The SMILES string of the molecule is COc1cccc([N-]C(=S)NC#N)c1.[Na+]. The van der Waals surface area contributed by atoms with Gasteiger partial charge in [0.05, 0.1) is 13.3 Å². The summed E-state index contributed by atoms with van der Waals surface area (Å²) < 4.78 is 5.01. The monoisotopic (exact) mass is 229 g/mol. The number of methoxy groups -OCH3 is 1. The van der Waals surface area contributed by atoms with Crippen molar-refractivity contribution in [2.45, 2.75) is 0 Å². The van der Waals surface area contributed by atoms with Gasteiger partial charge in [0, 0.05) is 5.11 Å². The molecule has 1 rings (SSSR count). The molecule has 1 N–H and O–H groups in total. The molecule has 0 amide bonds. The van der Waals surface area contributed by atoms with Crippen LogP contribution in [0.15, 0.2) is 24.3 Å². The molecule has 0 saturated heterocycles. The molecule has 0 radical (unpaired) electrons. The summed E-state index contributed by atoms with van der Waals surface area (Å²) in [5.74, 6) is 0.700. The van der Waals surface area contributed by atoms with Crippen LogP contribution < -0.4 is 39.6 Å². The second kappa shape index (κ2) is 7.49. The number of hydrogen-bond acceptors (Lipinski definition) is 3. The maximum absolute atomic E-state index is 8.28. The van der Waals surface area contributed by atoms with E-state index in [-0.39, 0.29) is 34.7 Å². The van der Waals surface area contributed by atoms with Crippen molar-refractivity contribution in [1.82, 2.24) is 5.32 Å². The Balaban J connectivity index is 0.00000196. The summed E-state index contributed by atoms with van der Waals surface area (Å²) in [6.07, 6.45) is 1.70. The topological polar surface area (TPSA) is 59.1 Å². The molecule has 0 saturated carbocycles. The smallest absolute Gasteiger partial charge is 0.497 e. The molecular formula is C9H8N3NaOS. The Kier molecular flexibility index (Phi) is 7.09. The number of nitrogens with one attached hydrogen (secondary N) is 1. The molecular weight excluding hydrogens is 221 g/mol. The minimum Gasteiger partial charge on any atom is -0.497 e.